The Labute approximate surface area is 68.8 Å². The molecule has 1 unspecified atom stereocenters. The van der Waals surface area contributed by atoms with E-state index in [4.69, 9.17) is 0 Å². The highest BCUT2D eigenvalue weighted by molar-refractivity contribution is 6.31. The van der Waals surface area contributed by atoms with Crippen LogP contribution >= 0.6 is 0 Å². The second-order valence-corrected chi connectivity index (χ2v) is 2.58. The van der Waals surface area contributed by atoms with Crippen molar-refractivity contribution in [2.45, 2.75) is 6.17 Å². The van der Waals surface area contributed by atoms with E-state index in [0.717, 1.165) is 0 Å². The number of halogens is 1. The number of hydrogen-bond donors (Lipinski definition) is 0. The fourth-order valence-corrected chi connectivity index (χ4v) is 1.17. The first kappa shape index (κ1) is 7.16. The van der Waals surface area contributed by atoms with Crippen molar-refractivity contribution in [1.82, 2.24) is 0 Å². The third kappa shape index (κ3) is 1.03. The number of carbonyl (C=O) groups excluding carboxylic acids is 1. The summed E-state index contributed by atoms with van der Waals surface area (Å²) in [5, 5.41) is 0. The van der Waals surface area contributed by atoms with Crippen LogP contribution in [0.15, 0.2) is 41.1 Å². The van der Waals surface area contributed by atoms with E-state index < -0.39 is 6.17 Å². The van der Waals surface area contributed by atoms with Gasteiger partial charge in [0.2, 0.25) is 0 Å². The molecule has 1 heterocycles. The van der Waals surface area contributed by atoms with Crippen LogP contribution in [0.3, 0.4) is 0 Å². The van der Waals surface area contributed by atoms with Crippen molar-refractivity contribution < 1.29 is 9.18 Å². The largest absolute Gasteiger partial charge is 0.289 e. The molecular formula is C9H6FNO. The second kappa shape index (κ2) is 2.52. The highest BCUT2D eigenvalue weighted by Crippen LogP contribution is 2.16. The van der Waals surface area contributed by atoms with Gasteiger partial charge < -0.3 is 0 Å². The number of aliphatic imine (C=N–C) groups is 1. The maximum absolute atomic E-state index is 12.7. The molecule has 0 aromatic heterocycles. The number of nitrogens with zero attached hydrogens (tertiary/aromatic N) is 1. The summed E-state index contributed by atoms with van der Waals surface area (Å²) in [6.45, 7) is 0. The Kier molecular flexibility index (Phi) is 1.50. The van der Waals surface area contributed by atoms with Crippen LogP contribution in [0.1, 0.15) is 0 Å². The first-order valence-electron chi connectivity index (χ1n) is 3.60. The summed E-state index contributed by atoms with van der Waals surface area (Å²) < 4.78 is 12.7. The molecule has 0 spiro atoms. The first-order valence-corrected chi connectivity index (χ1v) is 3.60. The second-order valence-electron chi connectivity index (χ2n) is 2.58. The summed E-state index contributed by atoms with van der Waals surface area (Å²) in [6, 6.07) is 0. The third-order valence-corrected chi connectivity index (χ3v) is 1.74. The predicted molar refractivity (Wildman–Crippen MR) is 43.7 cm³/mol. The molecule has 0 bridgehead atoms. The molecule has 0 fully saturated rings. The van der Waals surface area contributed by atoms with Crippen LogP contribution in [0.4, 0.5) is 4.39 Å². The lowest BCUT2D eigenvalue weighted by Gasteiger charge is -2.12. The highest BCUT2D eigenvalue weighted by Gasteiger charge is 2.19. The summed E-state index contributed by atoms with van der Waals surface area (Å²) in [5.41, 5.74) is 0.920. The van der Waals surface area contributed by atoms with Gasteiger partial charge in [-0.1, -0.05) is 0 Å². The van der Waals surface area contributed by atoms with E-state index in [1.807, 2.05) is 0 Å². The summed E-state index contributed by atoms with van der Waals surface area (Å²) in [7, 11) is 0. The zero-order valence-electron chi connectivity index (χ0n) is 6.20. The third-order valence-electron chi connectivity index (χ3n) is 1.74. The number of carbonyl (C=O) groups is 1. The maximum Gasteiger partial charge on any atom is 0.189 e. The van der Waals surface area contributed by atoms with Crippen LogP contribution in [0.2, 0.25) is 0 Å². The minimum atomic E-state index is -1.16. The fourth-order valence-electron chi connectivity index (χ4n) is 1.17. The fraction of sp³-hybridized carbons (Fsp3) is 0.111. The van der Waals surface area contributed by atoms with Crippen LogP contribution in [-0.4, -0.2) is 17.7 Å². The van der Waals surface area contributed by atoms with Crippen LogP contribution in [-0.2, 0) is 4.79 Å². The molecule has 3 heteroatoms. The quantitative estimate of drug-likeness (QED) is 0.530. The Balaban J connectivity index is 2.46. The van der Waals surface area contributed by atoms with Crippen molar-refractivity contribution in [2.75, 3.05) is 0 Å². The number of fused-ring (bicyclic) bond motifs is 1. The standard InChI is InChI=1S/C9H6FNO/c10-6-1-2-8-7(5-6)9(12)3-4-11-8/h1-6H. The number of allylic oxidation sites excluding steroid dienone is 5. The molecule has 1 atom stereocenters. The van der Waals surface area contributed by atoms with Crippen molar-refractivity contribution in [3.05, 3.63) is 36.1 Å². The van der Waals surface area contributed by atoms with Crippen molar-refractivity contribution in [2.24, 2.45) is 4.99 Å². The van der Waals surface area contributed by atoms with Gasteiger partial charge in [0.1, 0.15) is 6.17 Å². The zero-order valence-corrected chi connectivity index (χ0v) is 6.20. The van der Waals surface area contributed by atoms with E-state index in [2.05, 4.69) is 4.99 Å². The number of hydrogen-bond acceptors (Lipinski definition) is 2. The molecule has 0 saturated carbocycles. The van der Waals surface area contributed by atoms with Crippen LogP contribution in [0.25, 0.3) is 0 Å². The van der Waals surface area contributed by atoms with Gasteiger partial charge in [-0.05, 0) is 18.2 Å². The van der Waals surface area contributed by atoms with Crippen molar-refractivity contribution in [3.63, 3.8) is 0 Å². The van der Waals surface area contributed by atoms with Gasteiger partial charge in [-0.15, -0.1) is 0 Å². The molecule has 1 aliphatic carbocycles. The van der Waals surface area contributed by atoms with E-state index in [0.29, 0.717) is 11.3 Å². The molecule has 60 valence electrons. The maximum atomic E-state index is 12.7. The van der Waals surface area contributed by atoms with Crippen molar-refractivity contribution >= 4 is 11.5 Å². The summed E-state index contributed by atoms with van der Waals surface area (Å²) >= 11 is 0. The smallest absolute Gasteiger partial charge is 0.189 e. The van der Waals surface area contributed by atoms with Gasteiger partial charge in [0.15, 0.2) is 5.78 Å². The number of rotatable bonds is 0. The van der Waals surface area contributed by atoms with E-state index in [1.54, 1.807) is 0 Å². The molecule has 2 aliphatic rings. The monoisotopic (exact) mass is 163 g/mol. The predicted octanol–water partition coefficient (Wildman–Crippen LogP) is 1.36. The molecule has 2 nitrogen and oxygen atoms in total. The first-order chi connectivity index (χ1) is 5.77. The van der Waals surface area contributed by atoms with Crippen LogP contribution in [0, 0.1) is 0 Å². The zero-order chi connectivity index (χ0) is 8.55. The molecule has 0 N–H and O–H groups in total. The van der Waals surface area contributed by atoms with E-state index >= 15 is 0 Å². The molecule has 0 aromatic carbocycles. The van der Waals surface area contributed by atoms with Gasteiger partial charge in [-0.3, -0.25) is 9.79 Å². The normalized spacial score (nSPS) is 26.4. The molecule has 0 radical (unpaired) electrons. The highest BCUT2D eigenvalue weighted by atomic mass is 19.1. The van der Waals surface area contributed by atoms with Crippen LogP contribution in [0.5, 0.6) is 0 Å². The number of alkyl halides is 1. The molecule has 12 heavy (non-hydrogen) atoms. The van der Waals surface area contributed by atoms with Gasteiger partial charge in [0, 0.05) is 17.8 Å². The Hall–Kier alpha value is -1.51. The Morgan fingerprint density at radius 2 is 2.25 bits per heavy atom. The Morgan fingerprint density at radius 3 is 3.08 bits per heavy atom. The summed E-state index contributed by atoms with van der Waals surface area (Å²) in [4.78, 5) is 15.1. The Bertz CT molecular complexity index is 350. The average molecular weight is 163 g/mol. The van der Waals surface area contributed by atoms with Gasteiger partial charge in [0.25, 0.3) is 0 Å². The lowest BCUT2D eigenvalue weighted by molar-refractivity contribution is -0.111. The van der Waals surface area contributed by atoms with Gasteiger partial charge >= 0.3 is 0 Å². The number of ketones is 1. The lowest BCUT2D eigenvalue weighted by atomic mass is 9.97. The minimum absolute atomic E-state index is 0.174. The SMILES string of the molecule is O=C1C=CN=C2C=CC(F)C=C12. The molecular weight excluding hydrogens is 157 g/mol. The van der Waals surface area contributed by atoms with Gasteiger partial charge in [-0.25, -0.2) is 4.39 Å². The van der Waals surface area contributed by atoms with Crippen LogP contribution < -0.4 is 0 Å². The topological polar surface area (TPSA) is 29.4 Å². The summed E-state index contributed by atoms with van der Waals surface area (Å²) in [5.74, 6) is -0.174. The molecule has 1 aliphatic heterocycles. The Morgan fingerprint density at radius 1 is 1.42 bits per heavy atom. The lowest BCUT2D eigenvalue weighted by Crippen LogP contribution is -2.17. The molecule has 0 amide bonds. The molecule has 0 aromatic rings. The average Bonchev–Trinajstić information content (AvgIpc) is 2.07. The van der Waals surface area contributed by atoms with E-state index in [-0.39, 0.29) is 5.78 Å². The van der Waals surface area contributed by atoms with Gasteiger partial charge in [0.05, 0.1) is 5.71 Å². The van der Waals surface area contributed by atoms with Crippen molar-refractivity contribution in [3.8, 4) is 0 Å². The summed E-state index contributed by atoms with van der Waals surface area (Å²) in [6.07, 6.45) is 5.79. The molecule has 0 saturated heterocycles. The minimum Gasteiger partial charge on any atom is -0.289 e. The van der Waals surface area contributed by atoms with E-state index in [9.17, 15) is 9.18 Å². The molecule has 2 rings (SSSR count). The van der Waals surface area contributed by atoms with Crippen molar-refractivity contribution in [1.29, 1.82) is 0 Å². The van der Waals surface area contributed by atoms with Gasteiger partial charge in [-0.2, -0.15) is 0 Å². The van der Waals surface area contributed by atoms with E-state index in [1.165, 1.54) is 30.5 Å².